The number of rotatable bonds is 2. The van der Waals surface area contributed by atoms with Crippen LogP contribution in [0.15, 0.2) is 40.9 Å². The van der Waals surface area contributed by atoms with Crippen LogP contribution in [0.4, 0.5) is 5.69 Å². The quantitative estimate of drug-likeness (QED) is 0.893. The average Bonchev–Trinajstić information content (AvgIpc) is 2.93. The first kappa shape index (κ1) is 12.6. The Kier molecular flexibility index (Phi) is 3.53. The molecule has 0 spiro atoms. The van der Waals surface area contributed by atoms with E-state index in [1.54, 1.807) is 0 Å². The van der Waals surface area contributed by atoms with E-state index in [1.165, 1.54) is 0 Å². The van der Waals surface area contributed by atoms with E-state index in [9.17, 15) is 4.79 Å². The number of anilines is 1. The molecule has 0 aliphatic carbocycles. The number of fused-ring (bicyclic) bond motifs is 1. The Hall–Kier alpha value is -1.39. The van der Waals surface area contributed by atoms with Crippen molar-refractivity contribution in [3.05, 3.63) is 40.9 Å². The molecule has 1 aliphatic heterocycles. The summed E-state index contributed by atoms with van der Waals surface area (Å²) in [6.07, 6.45) is 0.923. The zero-order valence-corrected chi connectivity index (χ0v) is 12.0. The second-order valence-corrected chi connectivity index (χ2v) is 5.80. The minimum atomic E-state index is 0.0978. The van der Waals surface area contributed by atoms with Crippen molar-refractivity contribution in [1.82, 2.24) is 5.32 Å². The molecule has 1 amide bonds. The van der Waals surface area contributed by atoms with Gasteiger partial charge in [0.2, 0.25) is 5.91 Å². The summed E-state index contributed by atoms with van der Waals surface area (Å²) in [6, 6.07) is 12.1. The van der Waals surface area contributed by atoms with Crippen LogP contribution >= 0.6 is 15.9 Å². The van der Waals surface area contributed by atoms with Gasteiger partial charge in [0.1, 0.15) is 0 Å². The van der Waals surface area contributed by atoms with Gasteiger partial charge in [-0.3, -0.25) is 4.79 Å². The first-order valence-electron chi connectivity index (χ1n) is 6.43. The van der Waals surface area contributed by atoms with Crippen LogP contribution in [0.5, 0.6) is 0 Å². The van der Waals surface area contributed by atoms with Crippen molar-refractivity contribution in [2.24, 2.45) is 5.92 Å². The van der Waals surface area contributed by atoms with E-state index >= 15 is 0 Å². The normalized spacial score (nSPS) is 18.7. The predicted octanol–water partition coefficient (Wildman–Crippen LogP) is 3.15. The number of carbonyl (C=O) groups is 1. The molecular formula is C15H15BrN2O. The molecule has 1 fully saturated rings. The highest BCUT2D eigenvalue weighted by Crippen LogP contribution is 2.23. The molecule has 4 heteroatoms. The smallest absolute Gasteiger partial charge is 0.228 e. The highest BCUT2D eigenvalue weighted by atomic mass is 79.9. The lowest BCUT2D eigenvalue weighted by Crippen LogP contribution is -2.24. The monoisotopic (exact) mass is 318 g/mol. The first-order chi connectivity index (χ1) is 9.22. The zero-order chi connectivity index (χ0) is 13.2. The van der Waals surface area contributed by atoms with Crippen molar-refractivity contribution in [2.45, 2.75) is 6.42 Å². The Morgan fingerprint density at radius 1 is 1.21 bits per heavy atom. The fraction of sp³-hybridized carbons (Fsp3) is 0.267. The van der Waals surface area contributed by atoms with Crippen LogP contribution in [0.3, 0.4) is 0 Å². The molecule has 2 N–H and O–H groups in total. The van der Waals surface area contributed by atoms with Crippen molar-refractivity contribution in [3.63, 3.8) is 0 Å². The van der Waals surface area contributed by atoms with Crippen molar-refractivity contribution in [2.75, 3.05) is 18.4 Å². The largest absolute Gasteiger partial charge is 0.326 e. The fourth-order valence-corrected chi connectivity index (χ4v) is 2.80. The van der Waals surface area contributed by atoms with E-state index < -0.39 is 0 Å². The summed E-state index contributed by atoms with van der Waals surface area (Å²) >= 11 is 3.46. The highest BCUT2D eigenvalue weighted by Gasteiger charge is 2.22. The van der Waals surface area contributed by atoms with Crippen LogP contribution in [0.2, 0.25) is 0 Å². The molecule has 1 heterocycles. The Bertz CT molecular complexity index is 621. The minimum absolute atomic E-state index is 0.0978. The van der Waals surface area contributed by atoms with Gasteiger partial charge in [0.15, 0.2) is 0 Å². The van der Waals surface area contributed by atoms with Gasteiger partial charge in [0, 0.05) is 16.7 Å². The maximum Gasteiger partial charge on any atom is 0.228 e. The Morgan fingerprint density at radius 2 is 2.00 bits per heavy atom. The van der Waals surface area contributed by atoms with Gasteiger partial charge < -0.3 is 10.6 Å². The maximum absolute atomic E-state index is 12.0. The molecule has 0 aromatic heterocycles. The molecule has 1 aliphatic rings. The van der Waals surface area contributed by atoms with Gasteiger partial charge in [-0.15, -0.1) is 0 Å². The second-order valence-electron chi connectivity index (χ2n) is 4.89. The lowest BCUT2D eigenvalue weighted by Gasteiger charge is -2.10. The summed E-state index contributed by atoms with van der Waals surface area (Å²) in [4.78, 5) is 12.0. The van der Waals surface area contributed by atoms with Gasteiger partial charge in [0.05, 0.1) is 5.92 Å². The number of hydrogen-bond donors (Lipinski definition) is 2. The molecule has 2 aromatic carbocycles. The van der Waals surface area contributed by atoms with Crippen LogP contribution in [0, 0.1) is 5.92 Å². The molecule has 1 atom stereocenters. The molecule has 0 saturated carbocycles. The lowest BCUT2D eigenvalue weighted by atomic mass is 10.1. The number of amides is 1. The van der Waals surface area contributed by atoms with Gasteiger partial charge in [0.25, 0.3) is 0 Å². The van der Waals surface area contributed by atoms with Gasteiger partial charge in [-0.05, 0) is 48.0 Å². The van der Waals surface area contributed by atoms with Crippen LogP contribution in [0.25, 0.3) is 10.8 Å². The Balaban J connectivity index is 1.81. The predicted molar refractivity (Wildman–Crippen MR) is 81.3 cm³/mol. The lowest BCUT2D eigenvalue weighted by molar-refractivity contribution is -0.119. The highest BCUT2D eigenvalue weighted by molar-refractivity contribution is 9.10. The van der Waals surface area contributed by atoms with Gasteiger partial charge in [-0.1, -0.05) is 28.1 Å². The zero-order valence-electron chi connectivity index (χ0n) is 10.4. The average molecular weight is 319 g/mol. The van der Waals surface area contributed by atoms with E-state index in [1.807, 2.05) is 30.3 Å². The van der Waals surface area contributed by atoms with Crippen molar-refractivity contribution in [3.8, 4) is 0 Å². The van der Waals surface area contributed by atoms with E-state index in [0.717, 1.165) is 40.4 Å². The number of nitrogens with one attached hydrogen (secondary N) is 2. The third-order valence-electron chi connectivity index (χ3n) is 3.50. The summed E-state index contributed by atoms with van der Waals surface area (Å²) in [5.74, 6) is 0.210. The molecule has 1 saturated heterocycles. The third-order valence-corrected chi connectivity index (χ3v) is 3.99. The summed E-state index contributed by atoms with van der Waals surface area (Å²) in [6.45, 7) is 1.72. The topological polar surface area (TPSA) is 41.1 Å². The molecule has 0 bridgehead atoms. The van der Waals surface area contributed by atoms with Gasteiger partial charge >= 0.3 is 0 Å². The fourth-order valence-electron chi connectivity index (χ4n) is 2.42. The maximum atomic E-state index is 12.0. The third kappa shape index (κ3) is 2.80. The van der Waals surface area contributed by atoms with Gasteiger partial charge in [-0.25, -0.2) is 0 Å². The molecule has 3 rings (SSSR count). The van der Waals surface area contributed by atoms with Crippen LogP contribution in [-0.4, -0.2) is 19.0 Å². The first-order valence-corrected chi connectivity index (χ1v) is 7.22. The van der Waals surface area contributed by atoms with Crippen molar-refractivity contribution >= 4 is 38.3 Å². The minimum Gasteiger partial charge on any atom is -0.326 e. The molecule has 98 valence electrons. The summed E-state index contributed by atoms with van der Waals surface area (Å²) < 4.78 is 1.06. The van der Waals surface area contributed by atoms with Crippen molar-refractivity contribution < 1.29 is 4.79 Å². The molecule has 2 aromatic rings. The van der Waals surface area contributed by atoms with Gasteiger partial charge in [-0.2, -0.15) is 0 Å². The van der Waals surface area contributed by atoms with Crippen LogP contribution in [0.1, 0.15) is 6.42 Å². The summed E-state index contributed by atoms with van der Waals surface area (Å²) in [5, 5.41) is 8.50. The number of carbonyl (C=O) groups excluding carboxylic acids is 1. The molecule has 19 heavy (non-hydrogen) atoms. The van der Waals surface area contributed by atoms with E-state index in [2.05, 4.69) is 32.6 Å². The summed E-state index contributed by atoms with van der Waals surface area (Å²) in [5.41, 5.74) is 0.867. The van der Waals surface area contributed by atoms with E-state index in [-0.39, 0.29) is 11.8 Å². The SMILES string of the molecule is O=C(Nc1ccc2cc(Br)ccc2c1)C1CCNC1. The molecular weight excluding hydrogens is 304 g/mol. The van der Waals surface area contributed by atoms with E-state index in [4.69, 9.17) is 0 Å². The number of hydrogen-bond acceptors (Lipinski definition) is 2. The standard InChI is InChI=1S/C15H15BrN2O/c16-13-3-1-11-8-14(4-2-10(11)7-13)18-15(19)12-5-6-17-9-12/h1-4,7-8,12,17H,5-6,9H2,(H,18,19). The Morgan fingerprint density at radius 3 is 2.79 bits per heavy atom. The Labute approximate surface area is 120 Å². The molecule has 0 radical (unpaired) electrons. The molecule has 3 nitrogen and oxygen atoms in total. The van der Waals surface area contributed by atoms with E-state index in [0.29, 0.717) is 0 Å². The van der Waals surface area contributed by atoms with Crippen LogP contribution in [-0.2, 0) is 4.79 Å². The molecule has 1 unspecified atom stereocenters. The summed E-state index contributed by atoms with van der Waals surface area (Å²) in [7, 11) is 0. The van der Waals surface area contributed by atoms with Crippen molar-refractivity contribution in [1.29, 1.82) is 0 Å². The number of benzene rings is 2. The number of halogens is 1. The van der Waals surface area contributed by atoms with Crippen LogP contribution < -0.4 is 10.6 Å². The second kappa shape index (κ2) is 5.31.